The molecule has 2 aromatic rings. The van der Waals surface area contributed by atoms with E-state index in [-0.39, 0.29) is 17.5 Å². The van der Waals surface area contributed by atoms with E-state index in [9.17, 15) is 18.0 Å². The molecule has 0 aliphatic carbocycles. The number of aryl methyl sites for hydroxylation is 1. The zero-order chi connectivity index (χ0) is 17.4. The van der Waals surface area contributed by atoms with E-state index in [1.807, 2.05) is 0 Å². The summed E-state index contributed by atoms with van der Waals surface area (Å²) in [6.07, 6.45) is 1.47. The van der Waals surface area contributed by atoms with E-state index >= 15 is 0 Å². The van der Waals surface area contributed by atoms with E-state index in [0.717, 1.165) is 11.1 Å². The van der Waals surface area contributed by atoms with Crippen LogP contribution in [0.3, 0.4) is 0 Å². The van der Waals surface area contributed by atoms with Gasteiger partial charge in [0.2, 0.25) is 5.91 Å². The standard InChI is InChI=1S/C18H18F3NO2/c19-15-6-1-13(2-7-15)5-10-17(23)22-12-11-14-3-8-16(9-4-14)24-18(20)21/h1-4,6-9,18H,5,10-12H2,(H,22,23). The van der Waals surface area contributed by atoms with Gasteiger partial charge in [-0.15, -0.1) is 0 Å². The largest absolute Gasteiger partial charge is 0.435 e. The van der Waals surface area contributed by atoms with Crippen molar-refractivity contribution in [2.24, 2.45) is 0 Å². The number of nitrogens with one attached hydrogen (secondary N) is 1. The molecule has 0 saturated carbocycles. The Morgan fingerprint density at radius 3 is 2.17 bits per heavy atom. The molecular formula is C18H18F3NO2. The number of benzene rings is 2. The molecule has 0 bridgehead atoms. The highest BCUT2D eigenvalue weighted by Crippen LogP contribution is 2.15. The van der Waals surface area contributed by atoms with Crippen LogP contribution in [0.15, 0.2) is 48.5 Å². The predicted octanol–water partition coefficient (Wildman–Crippen LogP) is 3.72. The zero-order valence-corrected chi connectivity index (χ0v) is 13.0. The van der Waals surface area contributed by atoms with Crippen LogP contribution >= 0.6 is 0 Å². The molecule has 0 saturated heterocycles. The van der Waals surface area contributed by atoms with Crippen molar-refractivity contribution in [3.63, 3.8) is 0 Å². The Kier molecular flexibility index (Phi) is 6.66. The quantitative estimate of drug-likeness (QED) is 0.797. The summed E-state index contributed by atoms with van der Waals surface area (Å²) in [5.41, 5.74) is 1.82. The summed E-state index contributed by atoms with van der Waals surface area (Å²) in [5.74, 6) is -0.276. The molecule has 0 unspecified atom stereocenters. The number of carbonyl (C=O) groups excluding carboxylic acids is 1. The molecule has 0 fully saturated rings. The van der Waals surface area contributed by atoms with Crippen LogP contribution in [0.4, 0.5) is 13.2 Å². The number of rotatable bonds is 8. The maximum absolute atomic E-state index is 12.8. The van der Waals surface area contributed by atoms with Crippen molar-refractivity contribution in [3.8, 4) is 5.75 Å². The van der Waals surface area contributed by atoms with Gasteiger partial charge in [-0.3, -0.25) is 4.79 Å². The van der Waals surface area contributed by atoms with Gasteiger partial charge in [0.05, 0.1) is 0 Å². The third-order valence-electron chi connectivity index (χ3n) is 3.44. The first-order valence-electron chi connectivity index (χ1n) is 7.58. The van der Waals surface area contributed by atoms with E-state index in [2.05, 4.69) is 10.1 Å². The van der Waals surface area contributed by atoms with Gasteiger partial charge >= 0.3 is 6.61 Å². The molecule has 0 spiro atoms. The van der Waals surface area contributed by atoms with Crippen molar-refractivity contribution in [1.82, 2.24) is 5.32 Å². The van der Waals surface area contributed by atoms with Gasteiger partial charge in [-0.1, -0.05) is 24.3 Å². The number of hydrogen-bond acceptors (Lipinski definition) is 2. The molecule has 0 aliphatic heterocycles. The van der Waals surface area contributed by atoms with E-state index in [1.165, 1.54) is 24.3 Å². The highest BCUT2D eigenvalue weighted by molar-refractivity contribution is 5.76. The van der Waals surface area contributed by atoms with Crippen LogP contribution in [0.1, 0.15) is 17.5 Å². The molecule has 2 rings (SSSR count). The normalized spacial score (nSPS) is 10.7. The van der Waals surface area contributed by atoms with Crippen molar-refractivity contribution in [2.45, 2.75) is 25.9 Å². The van der Waals surface area contributed by atoms with Crippen LogP contribution in [0.25, 0.3) is 0 Å². The highest BCUT2D eigenvalue weighted by atomic mass is 19.3. The minimum absolute atomic E-state index is 0.0861. The van der Waals surface area contributed by atoms with Gasteiger partial charge in [-0.25, -0.2) is 4.39 Å². The Bertz CT molecular complexity index is 642. The van der Waals surface area contributed by atoms with Crippen molar-refractivity contribution in [1.29, 1.82) is 0 Å². The zero-order valence-electron chi connectivity index (χ0n) is 13.0. The summed E-state index contributed by atoms with van der Waals surface area (Å²) >= 11 is 0. The van der Waals surface area contributed by atoms with E-state index in [4.69, 9.17) is 0 Å². The van der Waals surface area contributed by atoms with Crippen molar-refractivity contribution < 1.29 is 22.7 Å². The molecule has 0 heterocycles. The lowest BCUT2D eigenvalue weighted by Gasteiger charge is -2.07. The minimum atomic E-state index is -2.84. The van der Waals surface area contributed by atoms with Crippen LogP contribution in [0, 0.1) is 5.82 Å². The van der Waals surface area contributed by atoms with Gasteiger partial charge in [0, 0.05) is 13.0 Å². The fourth-order valence-corrected chi connectivity index (χ4v) is 2.18. The van der Waals surface area contributed by atoms with Gasteiger partial charge < -0.3 is 10.1 Å². The summed E-state index contributed by atoms with van der Waals surface area (Å²) in [4.78, 5) is 11.8. The summed E-state index contributed by atoms with van der Waals surface area (Å²) in [6.45, 7) is -2.38. The van der Waals surface area contributed by atoms with Crippen LogP contribution in [-0.4, -0.2) is 19.1 Å². The molecule has 6 heteroatoms. The van der Waals surface area contributed by atoms with Crippen LogP contribution < -0.4 is 10.1 Å². The van der Waals surface area contributed by atoms with Crippen molar-refractivity contribution in [2.75, 3.05) is 6.54 Å². The van der Waals surface area contributed by atoms with Crippen molar-refractivity contribution in [3.05, 3.63) is 65.5 Å². The maximum Gasteiger partial charge on any atom is 0.387 e. The lowest BCUT2D eigenvalue weighted by molar-refractivity contribution is -0.121. The summed E-state index contributed by atoms with van der Waals surface area (Å²) in [7, 11) is 0. The first-order valence-corrected chi connectivity index (χ1v) is 7.58. The molecular weight excluding hydrogens is 319 g/mol. The minimum Gasteiger partial charge on any atom is -0.435 e. The average molecular weight is 337 g/mol. The lowest BCUT2D eigenvalue weighted by Crippen LogP contribution is -2.25. The SMILES string of the molecule is O=C(CCc1ccc(F)cc1)NCCc1ccc(OC(F)F)cc1. The van der Waals surface area contributed by atoms with Gasteiger partial charge in [-0.05, 0) is 48.2 Å². The van der Waals surface area contributed by atoms with Gasteiger partial charge in [0.25, 0.3) is 0 Å². The average Bonchev–Trinajstić information content (AvgIpc) is 2.55. The van der Waals surface area contributed by atoms with Crippen molar-refractivity contribution >= 4 is 5.91 Å². The molecule has 24 heavy (non-hydrogen) atoms. The second-order valence-electron chi connectivity index (χ2n) is 5.25. The van der Waals surface area contributed by atoms with E-state index < -0.39 is 6.61 Å². The van der Waals surface area contributed by atoms with E-state index in [1.54, 1.807) is 24.3 Å². The van der Waals surface area contributed by atoms with E-state index in [0.29, 0.717) is 25.8 Å². The third kappa shape index (κ3) is 6.32. The van der Waals surface area contributed by atoms with Crippen LogP contribution in [-0.2, 0) is 17.6 Å². The molecule has 0 radical (unpaired) electrons. The predicted molar refractivity (Wildman–Crippen MR) is 84.5 cm³/mol. The molecule has 0 aromatic heterocycles. The fourth-order valence-electron chi connectivity index (χ4n) is 2.18. The molecule has 2 aromatic carbocycles. The summed E-state index contributed by atoms with van der Waals surface area (Å²) in [6, 6.07) is 12.4. The summed E-state index contributed by atoms with van der Waals surface area (Å²) in [5, 5.41) is 2.80. The number of halogens is 3. The molecule has 1 N–H and O–H groups in total. The number of alkyl halides is 2. The molecule has 3 nitrogen and oxygen atoms in total. The van der Waals surface area contributed by atoms with Gasteiger partial charge in [0.1, 0.15) is 11.6 Å². The topological polar surface area (TPSA) is 38.3 Å². The number of carbonyl (C=O) groups is 1. The number of ether oxygens (including phenoxy) is 1. The Morgan fingerprint density at radius 2 is 1.54 bits per heavy atom. The monoisotopic (exact) mass is 337 g/mol. The smallest absolute Gasteiger partial charge is 0.387 e. The first-order chi connectivity index (χ1) is 11.5. The van der Waals surface area contributed by atoms with Gasteiger partial charge in [0.15, 0.2) is 0 Å². The van der Waals surface area contributed by atoms with Gasteiger partial charge in [-0.2, -0.15) is 8.78 Å². The highest BCUT2D eigenvalue weighted by Gasteiger charge is 2.05. The van der Waals surface area contributed by atoms with Crippen LogP contribution in [0.2, 0.25) is 0 Å². The number of hydrogen-bond donors (Lipinski definition) is 1. The maximum atomic E-state index is 12.8. The van der Waals surface area contributed by atoms with Crippen LogP contribution in [0.5, 0.6) is 5.75 Å². The lowest BCUT2D eigenvalue weighted by atomic mass is 10.1. The Hall–Kier alpha value is -2.50. The number of amides is 1. The molecule has 0 aliphatic rings. The molecule has 0 atom stereocenters. The Labute approximate surface area is 138 Å². The fraction of sp³-hybridized carbons (Fsp3) is 0.278. The second kappa shape index (κ2) is 8.96. The third-order valence-corrected chi connectivity index (χ3v) is 3.44. The summed E-state index contributed by atoms with van der Waals surface area (Å²) < 4.78 is 41.1. The Balaban J connectivity index is 1.67. The molecule has 128 valence electrons. The molecule has 1 amide bonds. The first kappa shape index (κ1) is 17.8. The Morgan fingerprint density at radius 1 is 0.958 bits per heavy atom. The second-order valence-corrected chi connectivity index (χ2v) is 5.25.